The van der Waals surface area contributed by atoms with Gasteiger partial charge in [0.05, 0.1) is 5.69 Å². The Hall–Kier alpha value is -2.18. The lowest BCUT2D eigenvalue weighted by Crippen LogP contribution is -2.64. The summed E-state index contributed by atoms with van der Waals surface area (Å²) in [7, 11) is 4.43. The summed E-state index contributed by atoms with van der Waals surface area (Å²) >= 11 is 0. The molecule has 2 saturated heterocycles. The van der Waals surface area contributed by atoms with Crippen LogP contribution in [0.1, 0.15) is 35.8 Å². The second-order valence-electron chi connectivity index (χ2n) is 8.39. The first-order valence-electron chi connectivity index (χ1n) is 10.3. The minimum atomic E-state index is 0.0607. The molecule has 0 saturated carbocycles. The van der Waals surface area contributed by atoms with Gasteiger partial charge in [0.15, 0.2) is 0 Å². The van der Waals surface area contributed by atoms with E-state index in [0.29, 0.717) is 5.69 Å². The number of hydrogen-bond acceptors (Lipinski definition) is 4. The molecule has 1 amide bonds. The molecule has 4 rings (SSSR count). The summed E-state index contributed by atoms with van der Waals surface area (Å²) in [4.78, 5) is 19.9. The van der Waals surface area contributed by atoms with Crippen molar-refractivity contribution < 1.29 is 4.79 Å². The number of piperidine rings is 1. The zero-order chi connectivity index (χ0) is 19.7. The van der Waals surface area contributed by atoms with Crippen LogP contribution < -0.4 is 0 Å². The molecule has 0 unspecified atom stereocenters. The molecule has 0 bridgehead atoms. The van der Waals surface area contributed by atoms with Gasteiger partial charge in [0, 0.05) is 43.8 Å². The van der Waals surface area contributed by atoms with Crippen LogP contribution >= 0.6 is 0 Å². The number of aromatic nitrogens is 2. The molecule has 2 aromatic rings. The fourth-order valence-corrected chi connectivity index (χ4v) is 4.59. The Kier molecular flexibility index (Phi) is 5.25. The quantitative estimate of drug-likeness (QED) is 0.888. The topological polar surface area (TPSA) is 55.5 Å². The van der Waals surface area contributed by atoms with Crippen LogP contribution in [0.25, 0.3) is 11.3 Å². The van der Waals surface area contributed by atoms with Crippen LogP contribution in [0, 0.1) is 0 Å². The van der Waals surface area contributed by atoms with Crippen molar-refractivity contribution in [3.8, 4) is 11.3 Å². The van der Waals surface area contributed by atoms with Gasteiger partial charge in [0.25, 0.3) is 5.91 Å². The minimum absolute atomic E-state index is 0.0607. The van der Waals surface area contributed by atoms with E-state index in [1.165, 1.54) is 5.56 Å². The number of benzene rings is 1. The van der Waals surface area contributed by atoms with Crippen molar-refractivity contribution in [2.45, 2.75) is 31.7 Å². The zero-order valence-electron chi connectivity index (χ0n) is 17.2. The van der Waals surface area contributed by atoms with Gasteiger partial charge in [-0.05, 0) is 45.0 Å². The number of rotatable bonds is 3. The van der Waals surface area contributed by atoms with Crippen molar-refractivity contribution in [1.29, 1.82) is 0 Å². The number of nitrogens with zero attached hydrogens (tertiary/aromatic N) is 4. The van der Waals surface area contributed by atoms with Crippen molar-refractivity contribution in [2.24, 2.45) is 0 Å². The summed E-state index contributed by atoms with van der Waals surface area (Å²) in [5.41, 5.74) is 3.96. The summed E-state index contributed by atoms with van der Waals surface area (Å²) in [6.45, 7) is 7.06. The molecule has 1 spiro atoms. The van der Waals surface area contributed by atoms with Crippen LogP contribution in [0.5, 0.6) is 0 Å². The molecule has 0 atom stereocenters. The first-order chi connectivity index (χ1) is 13.5. The van der Waals surface area contributed by atoms with Crippen LogP contribution in [0.15, 0.2) is 30.3 Å². The van der Waals surface area contributed by atoms with E-state index in [9.17, 15) is 4.79 Å². The van der Waals surface area contributed by atoms with Crippen LogP contribution in [-0.2, 0) is 6.42 Å². The number of piperazine rings is 1. The van der Waals surface area contributed by atoms with Crippen molar-refractivity contribution in [3.63, 3.8) is 0 Å². The molecule has 28 heavy (non-hydrogen) atoms. The Labute approximate surface area is 167 Å². The lowest BCUT2D eigenvalue weighted by atomic mass is 9.84. The summed E-state index contributed by atoms with van der Waals surface area (Å²) < 4.78 is 0. The maximum absolute atomic E-state index is 13.0. The highest BCUT2D eigenvalue weighted by molar-refractivity contribution is 5.93. The van der Waals surface area contributed by atoms with Gasteiger partial charge in [-0.1, -0.05) is 31.2 Å². The molecule has 1 aromatic carbocycles. The summed E-state index contributed by atoms with van der Waals surface area (Å²) in [6, 6.07) is 10.3. The smallest absolute Gasteiger partial charge is 0.271 e. The molecule has 0 aliphatic carbocycles. The average Bonchev–Trinajstić information content (AvgIpc) is 3.21. The number of carbonyl (C=O) groups is 1. The molecule has 2 aliphatic rings. The van der Waals surface area contributed by atoms with Crippen LogP contribution in [0.4, 0.5) is 0 Å². The number of aryl methyl sites for hydroxylation is 1. The molecule has 1 N–H and O–H groups in total. The average molecular weight is 382 g/mol. The van der Waals surface area contributed by atoms with Gasteiger partial charge in [-0.25, -0.2) is 0 Å². The maximum Gasteiger partial charge on any atom is 0.271 e. The zero-order valence-corrected chi connectivity index (χ0v) is 17.2. The van der Waals surface area contributed by atoms with E-state index in [1.54, 1.807) is 0 Å². The van der Waals surface area contributed by atoms with Crippen LogP contribution in [0.3, 0.4) is 0 Å². The minimum Gasteiger partial charge on any atom is -0.337 e. The van der Waals surface area contributed by atoms with E-state index in [4.69, 9.17) is 0 Å². The van der Waals surface area contributed by atoms with Gasteiger partial charge in [-0.3, -0.25) is 14.8 Å². The van der Waals surface area contributed by atoms with E-state index < -0.39 is 0 Å². The molecule has 6 heteroatoms. The molecule has 2 aliphatic heterocycles. The number of hydrogen-bond donors (Lipinski definition) is 1. The number of nitrogens with one attached hydrogen (secondary N) is 1. The number of likely N-dealkylation sites (tertiary alicyclic amines) is 1. The molecule has 150 valence electrons. The highest BCUT2D eigenvalue weighted by Crippen LogP contribution is 2.31. The predicted molar refractivity (Wildman–Crippen MR) is 111 cm³/mol. The van der Waals surface area contributed by atoms with Gasteiger partial charge in [0.1, 0.15) is 5.69 Å². The molecular weight excluding hydrogens is 350 g/mol. The first-order valence-corrected chi connectivity index (χ1v) is 10.3. The molecule has 2 fully saturated rings. The third kappa shape index (κ3) is 3.59. The van der Waals surface area contributed by atoms with E-state index in [0.717, 1.165) is 63.2 Å². The Morgan fingerprint density at radius 2 is 1.82 bits per heavy atom. The Morgan fingerprint density at radius 3 is 2.50 bits per heavy atom. The van der Waals surface area contributed by atoms with Crippen LogP contribution in [0.2, 0.25) is 0 Å². The van der Waals surface area contributed by atoms with Crippen molar-refractivity contribution in [1.82, 2.24) is 24.9 Å². The summed E-state index contributed by atoms with van der Waals surface area (Å²) in [5.74, 6) is 0.0607. The molecular formula is C22H31N5O. The Bertz CT molecular complexity index is 820. The first kappa shape index (κ1) is 19.2. The Morgan fingerprint density at radius 1 is 1.11 bits per heavy atom. The van der Waals surface area contributed by atoms with E-state index in [1.807, 2.05) is 11.0 Å². The summed E-state index contributed by atoms with van der Waals surface area (Å²) in [5, 5.41) is 7.33. The second kappa shape index (κ2) is 7.68. The molecule has 1 aromatic heterocycles. The standard InChI is InChI=1S/C22H31N5O/c1-4-17-5-7-18(8-6-17)19-15-20(24-23-19)21(28)27-11-9-22(10-12-27)16-25(2)13-14-26(22)3/h5-8,15H,4,9-14,16H2,1-3H3,(H,23,24). The van der Waals surface area contributed by atoms with Gasteiger partial charge in [-0.2, -0.15) is 5.10 Å². The van der Waals surface area contributed by atoms with Gasteiger partial charge in [-0.15, -0.1) is 0 Å². The van der Waals surface area contributed by atoms with E-state index in [2.05, 4.69) is 65.3 Å². The fraction of sp³-hybridized carbons (Fsp3) is 0.545. The maximum atomic E-state index is 13.0. The second-order valence-corrected chi connectivity index (χ2v) is 8.39. The lowest BCUT2D eigenvalue weighted by molar-refractivity contribution is -0.0158. The lowest BCUT2D eigenvalue weighted by Gasteiger charge is -2.52. The fourth-order valence-electron chi connectivity index (χ4n) is 4.59. The number of amides is 1. The van der Waals surface area contributed by atoms with Crippen LogP contribution in [-0.4, -0.2) is 83.2 Å². The molecule has 6 nitrogen and oxygen atoms in total. The van der Waals surface area contributed by atoms with Gasteiger partial charge < -0.3 is 9.80 Å². The van der Waals surface area contributed by atoms with Crippen molar-refractivity contribution >= 4 is 5.91 Å². The monoisotopic (exact) mass is 381 g/mol. The van der Waals surface area contributed by atoms with E-state index in [-0.39, 0.29) is 11.4 Å². The third-order valence-electron chi connectivity index (χ3n) is 6.64. The normalized spacial score (nSPS) is 20.6. The molecule has 3 heterocycles. The summed E-state index contributed by atoms with van der Waals surface area (Å²) in [6.07, 6.45) is 3.07. The predicted octanol–water partition coefficient (Wildman–Crippen LogP) is 2.49. The number of H-pyrrole nitrogens is 1. The highest BCUT2D eigenvalue weighted by atomic mass is 16.2. The Balaban J connectivity index is 1.42. The van der Waals surface area contributed by atoms with E-state index >= 15 is 0 Å². The number of carbonyl (C=O) groups excluding carboxylic acids is 1. The SMILES string of the molecule is CCc1ccc(-c2cc(C(=O)N3CCC4(CC3)CN(C)CCN4C)[nH]n2)cc1. The van der Waals surface area contributed by atoms with Crippen molar-refractivity contribution in [2.75, 3.05) is 46.8 Å². The third-order valence-corrected chi connectivity index (χ3v) is 6.64. The van der Waals surface area contributed by atoms with Crippen molar-refractivity contribution in [3.05, 3.63) is 41.6 Å². The highest BCUT2D eigenvalue weighted by Gasteiger charge is 2.42. The van der Waals surface area contributed by atoms with Gasteiger partial charge >= 0.3 is 0 Å². The van der Waals surface area contributed by atoms with Gasteiger partial charge in [0.2, 0.25) is 0 Å². The number of aromatic amines is 1. The molecule has 0 radical (unpaired) electrons. The largest absolute Gasteiger partial charge is 0.337 e. The number of likely N-dealkylation sites (N-methyl/N-ethyl adjacent to an activating group) is 2.